The van der Waals surface area contributed by atoms with Crippen LogP contribution in [0, 0.1) is 11.3 Å². The quantitative estimate of drug-likeness (QED) is 0.853. The molecule has 0 spiro atoms. The minimum Gasteiger partial charge on any atom is -0.480 e. The minimum absolute atomic E-state index is 0.0213. The molecule has 24 heavy (non-hydrogen) atoms. The first-order valence-electron chi connectivity index (χ1n) is 6.88. The fourth-order valence-electron chi connectivity index (χ4n) is 2.09. The number of benzene rings is 2. The van der Waals surface area contributed by atoms with Crippen LogP contribution in [-0.4, -0.2) is 23.0 Å². The Balaban J connectivity index is 2.17. The zero-order chi connectivity index (χ0) is 17.7. The van der Waals surface area contributed by atoms with E-state index < -0.39 is 17.9 Å². The van der Waals surface area contributed by atoms with E-state index in [0.717, 1.165) is 0 Å². The van der Waals surface area contributed by atoms with E-state index in [9.17, 15) is 14.7 Å². The van der Waals surface area contributed by atoms with Gasteiger partial charge >= 0.3 is 5.97 Å². The molecule has 0 saturated carbocycles. The molecule has 0 heterocycles. The van der Waals surface area contributed by atoms with Gasteiger partial charge in [-0.2, -0.15) is 5.26 Å². The van der Waals surface area contributed by atoms with Crippen molar-refractivity contribution in [2.75, 3.05) is 0 Å². The summed E-state index contributed by atoms with van der Waals surface area (Å²) in [6.07, 6.45) is 0.0213. The van der Waals surface area contributed by atoms with Gasteiger partial charge in [0.1, 0.15) is 12.1 Å². The molecule has 0 bridgehead atoms. The lowest BCUT2D eigenvalue weighted by atomic mass is 10.0. The Morgan fingerprint density at radius 1 is 1.21 bits per heavy atom. The summed E-state index contributed by atoms with van der Waals surface area (Å²) in [7, 11) is 0. The molecule has 2 rings (SSSR count). The maximum Gasteiger partial charge on any atom is 0.326 e. The van der Waals surface area contributed by atoms with Crippen LogP contribution in [-0.2, 0) is 11.2 Å². The van der Waals surface area contributed by atoms with Crippen molar-refractivity contribution in [3.8, 4) is 6.07 Å². The lowest BCUT2D eigenvalue weighted by Crippen LogP contribution is -2.42. The molecule has 2 aromatic rings. The van der Waals surface area contributed by atoms with Crippen molar-refractivity contribution in [1.29, 1.82) is 5.26 Å². The summed E-state index contributed by atoms with van der Waals surface area (Å²) >= 11 is 11.7. The third-order valence-electron chi connectivity index (χ3n) is 3.28. The summed E-state index contributed by atoms with van der Waals surface area (Å²) in [5.41, 5.74) is 1.09. The highest BCUT2D eigenvalue weighted by molar-refractivity contribution is 6.31. The molecule has 122 valence electrons. The van der Waals surface area contributed by atoms with E-state index in [1.807, 2.05) is 6.07 Å². The molecular formula is C17H12Cl2N2O3. The van der Waals surface area contributed by atoms with Gasteiger partial charge in [0.25, 0.3) is 5.91 Å². The topological polar surface area (TPSA) is 90.2 Å². The predicted molar refractivity (Wildman–Crippen MR) is 90.2 cm³/mol. The van der Waals surface area contributed by atoms with Crippen LogP contribution >= 0.6 is 23.2 Å². The molecule has 0 fully saturated rings. The maximum absolute atomic E-state index is 12.2. The largest absolute Gasteiger partial charge is 0.480 e. The maximum atomic E-state index is 12.2. The molecule has 0 radical (unpaired) electrons. The molecule has 0 aliphatic rings. The van der Waals surface area contributed by atoms with Gasteiger partial charge in [-0.3, -0.25) is 4.79 Å². The molecule has 7 heteroatoms. The predicted octanol–water partition coefficient (Wildman–Crippen LogP) is 3.29. The first kappa shape index (κ1) is 17.8. The van der Waals surface area contributed by atoms with Gasteiger partial charge in [0.2, 0.25) is 0 Å². The molecule has 1 amide bonds. The van der Waals surface area contributed by atoms with Crippen molar-refractivity contribution in [2.45, 2.75) is 12.5 Å². The highest BCUT2D eigenvalue weighted by atomic mass is 35.5. The number of carboxylic acid groups (broad SMARTS) is 1. The Kier molecular flexibility index (Phi) is 5.80. The van der Waals surface area contributed by atoms with E-state index in [-0.39, 0.29) is 22.6 Å². The smallest absolute Gasteiger partial charge is 0.326 e. The normalized spacial score (nSPS) is 11.4. The molecule has 0 saturated heterocycles. The molecule has 0 aliphatic carbocycles. The fraction of sp³-hybridized carbons (Fsp3) is 0.118. The summed E-state index contributed by atoms with van der Waals surface area (Å²) in [5, 5.41) is 21.4. The first-order valence-corrected chi connectivity index (χ1v) is 7.64. The number of hydrogen-bond donors (Lipinski definition) is 2. The zero-order valence-electron chi connectivity index (χ0n) is 12.3. The standard InChI is InChI=1S/C17H12Cl2N2O3/c18-13-3-1-2-11(8-13)16(22)21-15(17(23)24)7-10-4-5-14(19)12(6-10)9-20/h1-6,8,15H,7H2,(H,21,22)(H,23,24)/t15-/m0/s1. The number of carbonyl (C=O) groups is 2. The van der Waals surface area contributed by atoms with Crippen LogP contribution in [0.25, 0.3) is 0 Å². The van der Waals surface area contributed by atoms with Gasteiger partial charge in [0, 0.05) is 17.0 Å². The van der Waals surface area contributed by atoms with Gasteiger partial charge in [-0.05, 0) is 35.9 Å². The second-order valence-electron chi connectivity index (χ2n) is 5.00. The summed E-state index contributed by atoms with van der Waals surface area (Å²) in [5.74, 6) is -1.72. The molecule has 1 atom stereocenters. The number of amides is 1. The molecular weight excluding hydrogens is 351 g/mol. The molecule has 2 aromatic carbocycles. The number of nitrogens with zero attached hydrogens (tertiary/aromatic N) is 1. The first-order chi connectivity index (χ1) is 11.4. The minimum atomic E-state index is -1.18. The summed E-state index contributed by atoms with van der Waals surface area (Å²) < 4.78 is 0. The molecule has 0 aliphatic heterocycles. The highest BCUT2D eigenvalue weighted by Crippen LogP contribution is 2.18. The van der Waals surface area contributed by atoms with Crippen molar-refractivity contribution in [1.82, 2.24) is 5.32 Å². The fourth-order valence-corrected chi connectivity index (χ4v) is 2.44. The van der Waals surface area contributed by atoms with Crippen LogP contribution in [0.2, 0.25) is 10.0 Å². The van der Waals surface area contributed by atoms with Crippen molar-refractivity contribution in [2.24, 2.45) is 0 Å². The Hall–Kier alpha value is -2.55. The monoisotopic (exact) mass is 362 g/mol. The third-order valence-corrected chi connectivity index (χ3v) is 3.85. The number of carbonyl (C=O) groups excluding carboxylic acids is 1. The average molecular weight is 363 g/mol. The van der Waals surface area contributed by atoms with Crippen molar-refractivity contribution in [3.05, 3.63) is 69.2 Å². The van der Waals surface area contributed by atoms with Crippen LogP contribution in [0.1, 0.15) is 21.5 Å². The molecule has 0 aromatic heterocycles. The highest BCUT2D eigenvalue weighted by Gasteiger charge is 2.21. The van der Waals surface area contributed by atoms with Crippen LogP contribution in [0.3, 0.4) is 0 Å². The summed E-state index contributed by atoms with van der Waals surface area (Å²) in [6, 6.07) is 11.6. The Bertz CT molecular complexity index is 831. The van der Waals surface area contributed by atoms with Crippen LogP contribution in [0.4, 0.5) is 0 Å². The number of aliphatic carboxylic acids is 1. The molecule has 5 nitrogen and oxygen atoms in total. The molecule has 0 unspecified atom stereocenters. The number of carboxylic acids is 1. The SMILES string of the molecule is N#Cc1cc(C[C@H](NC(=O)c2cccc(Cl)c2)C(=O)O)ccc1Cl. The van der Waals surface area contributed by atoms with Gasteiger partial charge < -0.3 is 10.4 Å². The number of rotatable bonds is 5. The Morgan fingerprint density at radius 2 is 1.96 bits per heavy atom. The van der Waals surface area contributed by atoms with Crippen molar-refractivity contribution in [3.63, 3.8) is 0 Å². The van der Waals surface area contributed by atoms with E-state index in [1.54, 1.807) is 18.2 Å². The van der Waals surface area contributed by atoms with Gasteiger partial charge in [-0.15, -0.1) is 0 Å². The zero-order valence-corrected chi connectivity index (χ0v) is 13.8. The Morgan fingerprint density at radius 3 is 2.58 bits per heavy atom. The number of nitriles is 1. The van der Waals surface area contributed by atoms with E-state index in [4.69, 9.17) is 28.5 Å². The van der Waals surface area contributed by atoms with Gasteiger partial charge in [-0.25, -0.2) is 4.79 Å². The van der Waals surface area contributed by atoms with Gasteiger partial charge in [0.15, 0.2) is 0 Å². The third kappa shape index (κ3) is 4.48. The number of nitrogens with one attached hydrogen (secondary N) is 1. The van der Waals surface area contributed by atoms with E-state index >= 15 is 0 Å². The Labute approximate surface area is 148 Å². The average Bonchev–Trinajstić information content (AvgIpc) is 2.55. The van der Waals surface area contributed by atoms with Crippen LogP contribution in [0.15, 0.2) is 42.5 Å². The van der Waals surface area contributed by atoms with E-state index in [1.165, 1.54) is 24.3 Å². The van der Waals surface area contributed by atoms with Gasteiger partial charge in [0.05, 0.1) is 10.6 Å². The van der Waals surface area contributed by atoms with Crippen LogP contribution in [0.5, 0.6) is 0 Å². The number of hydrogen-bond acceptors (Lipinski definition) is 3. The van der Waals surface area contributed by atoms with E-state index in [2.05, 4.69) is 5.32 Å². The second kappa shape index (κ2) is 7.82. The van der Waals surface area contributed by atoms with Crippen molar-refractivity contribution < 1.29 is 14.7 Å². The molecule has 2 N–H and O–H groups in total. The lowest BCUT2D eigenvalue weighted by Gasteiger charge is -2.15. The van der Waals surface area contributed by atoms with Crippen molar-refractivity contribution >= 4 is 35.1 Å². The van der Waals surface area contributed by atoms with Crippen LogP contribution < -0.4 is 5.32 Å². The summed E-state index contributed by atoms with van der Waals surface area (Å²) in [6.45, 7) is 0. The van der Waals surface area contributed by atoms with E-state index in [0.29, 0.717) is 10.6 Å². The summed E-state index contributed by atoms with van der Waals surface area (Å²) in [4.78, 5) is 23.6. The lowest BCUT2D eigenvalue weighted by molar-refractivity contribution is -0.139. The second-order valence-corrected chi connectivity index (χ2v) is 5.85. The number of halogens is 2. The van der Waals surface area contributed by atoms with Gasteiger partial charge in [-0.1, -0.05) is 35.3 Å².